The lowest BCUT2D eigenvalue weighted by Gasteiger charge is -2.37. The summed E-state index contributed by atoms with van der Waals surface area (Å²) in [7, 11) is 2.06. The van der Waals surface area contributed by atoms with Gasteiger partial charge in [0.15, 0.2) is 0 Å². The summed E-state index contributed by atoms with van der Waals surface area (Å²) in [4.78, 5) is 24.2. The van der Waals surface area contributed by atoms with E-state index in [1.807, 2.05) is 12.1 Å². The Morgan fingerprint density at radius 1 is 1.18 bits per heavy atom. The van der Waals surface area contributed by atoms with Crippen LogP contribution in [0.3, 0.4) is 0 Å². The van der Waals surface area contributed by atoms with Crippen LogP contribution in [0, 0.1) is 11.7 Å². The van der Waals surface area contributed by atoms with E-state index in [1.54, 1.807) is 12.3 Å². The molecular formula is C27H29FN4O2. The number of anilines is 1. The van der Waals surface area contributed by atoms with Gasteiger partial charge in [0, 0.05) is 66.8 Å². The second-order valence-electron chi connectivity index (χ2n) is 9.90. The number of aromatic amines is 1. The molecular weight excluding hydrogens is 431 g/mol. The van der Waals surface area contributed by atoms with Crippen LogP contribution in [0.4, 0.5) is 10.1 Å². The van der Waals surface area contributed by atoms with E-state index >= 15 is 0 Å². The minimum Gasteiger partial charge on any atom is -0.481 e. The average Bonchev–Trinajstić information content (AvgIpc) is 3.16. The Morgan fingerprint density at radius 3 is 2.74 bits per heavy atom. The normalized spacial score (nSPS) is 22.9. The molecule has 0 spiro atoms. The molecule has 1 fully saturated rings. The third kappa shape index (κ3) is 3.50. The fourth-order valence-electron chi connectivity index (χ4n) is 6.15. The molecule has 0 bridgehead atoms. The van der Waals surface area contributed by atoms with E-state index in [1.165, 1.54) is 17.2 Å². The SMILES string of the molecule is CN1Cc2c(C3=CCN([C@H]4CC[C@H](C(=O)O)CC4)CC3)[nH]c3nccc(c23)-c2cc(F)ccc21. The summed E-state index contributed by atoms with van der Waals surface area (Å²) in [6.45, 7) is 2.59. The van der Waals surface area contributed by atoms with Crippen LogP contribution in [-0.2, 0) is 11.3 Å². The van der Waals surface area contributed by atoms with Crippen molar-refractivity contribution in [2.24, 2.45) is 5.92 Å². The number of pyridine rings is 1. The number of benzene rings is 1. The number of carbonyl (C=O) groups is 1. The molecule has 6 nitrogen and oxygen atoms in total. The van der Waals surface area contributed by atoms with Gasteiger partial charge in [0.25, 0.3) is 0 Å². The third-order valence-corrected chi connectivity index (χ3v) is 7.98. The molecule has 1 saturated carbocycles. The monoisotopic (exact) mass is 460 g/mol. The molecule has 0 atom stereocenters. The number of hydrogen-bond donors (Lipinski definition) is 2. The van der Waals surface area contributed by atoms with Crippen molar-refractivity contribution in [3.63, 3.8) is 0 Å². The van der Waals surface area contributed by atoms with Crippen LogP contribution in [0.1, 0.15) is 43.4 Å². The molecule has 34 heavy (non-hydrogen) atoms. The highest BCUT2D eigenvalue weighted by atomic mass is 19.1. The van der Waals surface area contributed by atoms with E-state index in [9.17, 15) is 14.3 Å². The molecule has 1 aromatic carbocycles. The zero-order valence-electron chi connectivity index (χ0n) is 19.4. The number of carboxylic acids is 1. The second kappa shape index (κ2) is 8.24. The van der Waals surface area contributed by atoms with E-state index in [0.717, 1.165) is 85.3 Å². The minimum absolute atomic E-state index is 0.174. The standard InChI is InChI=1S/C27H29FN4O2/c1-31-15-22-24-20(21-14-18(28)4-7-23(21)31)8-11-29-26(24)30-25(22)16-9-12-32(13-10-16)19-5-2-17(3-6-19)27(33)34/h4,7-9,11,14,17,19H,2-3,5-6,10,12-13,15H2,1H3,(H,29,30)(H,33,34)/t17-,19-. The number of rotatable bonds is 3. The van der Waals surface area contributed by atoms with E-state index in [2.05, 4.69) is 32.9 Å². The van der Waals surface area contributed by atoms with E-state index in [0.29, 0.717) is 6.04 Å². The fraction of sp³-hybridized carbons (Fsp3) is 0.407. The number of hydrogen-bond acceptors (Lipinski definition) is 4. The number of aliphatic carboxylic acids is 1. The van der Waals surface area contributed by atoms with Crippen LogP contribution in [0.15, 0.2) is 36.5 Å². The highest BCUT2D eigenvalue weighted by Crippen LogP contribution is 2.43. The Hall–Kier alpha value is -3.19. The predicted molar refractivity (Wildman–Crippen MR) is 131 cm³/mol. The minimum atomic E-state index is -0.647. The summed E-state index contributed by atoms with van der Waals surface area (Å²) in [5.74, 6) is -1.05. The van der Waals surface area contributed by atoms with Crippen molar-refractivity contribution in [1.82, 2.24) is 14.9 Å². The predicted octanol–water partition coefficient (Wildman–Crippen LogP) is 5.05. The molecule has 6 rings (SSSR count). The number of H-pyrrole nitrogens is 1. The summed E-state index contributed by atoms with van der Waals surface area (Å²) in [5.41, 5.74) is 7.47. The molecule has 3 aromatic rings. The first kappa shape index (κ1) is 21.4. The Bertz CT molecular complexity index is 1310. The van der Waals surface area contributed by atoms with Crippen molar-refractivity contribution < 1.29 is 14.3 Å². The second-order valence-corrected chi connectivity index (χ2v) is 9.90. The van der Waals surface area contributed by atoms with Gasteiger partial charge in [-0.05, 0) is 67.5 Å². The Labute approximate surface area is 198 Å². The summed E-state index contributed by atoms with van der Waals surface area (Å²) in [6, 6.07) is 7.48. The highest BCUT2D eigenvalue weighted by Gasteiger charge is 2.31. The fourth-order valence-corrected chi connectivity index (χ4v) is 6.15. The van der Waals surface area contributed by atoms with Gasteiger partial charge in [0.2, 0.25) is 0 Å². The summed E-state index contributed by atoms with van der Waals surface area (Å²) in [6.07, 6.45) is 8.55. The third-order valence-electron chi connectivity index (χ3n) is 7.98. The van der Waals surface area contributed by atoms with Gasteiger partial charge in [-0.1, -0.05) is 6.08 Å². The molecule has 2 aromatic heterocycles. The summed E-state index contributed by atoms with van der Waals surface area (Å²) >= 11 is 0. The Morgan fingerprint density at radius 2 is 2.00 bits per heavy atom. The molecule has 7 heteroatoms. The molecule has 4 heterocycles. The molecule has 1 aliphatic carbocycles. The molecule has 0 unspecified atom stereocenters. The van der Waals surface area contributed by atoms with Crippen molar-refractivity contribution in [3.8, 4) is 11.1 Å². The van der Waals surface area contributed by atoms with Crippen LogP contribution in [0.5, 0.6) is 0 Å². The molecule has 2 N–H and O–H groups in total. The zero-order chi connectivity index (χ0) is 23.4. The van der Waals surface area contributed by atoms with Gasteiger partial charge in [-0.3, -0.25) is 9.69 Å². The van der Waals surface area contributed by atoms with Crippen molar-refractivity contribution in [2.45, 2.75) is 44.7 Å². The number of nitrogens with one attached hydrogen (secondary N) is 1. The van der Waals surface area contributed by atoms with Gasteiger partial charge in [0.05, 0.1) is 5.92 Å². The lowest BCUT2D eigenvalue weighted by molar-refractivity contribution is -0.143. The molecule has 0 radical (unpaired) electrons. The van der Waals surface area contributed by atoms with Crippen molar-refractivity contribution in [2.75, 3.05) is 25.0 Å². The van der Waals surface area contributed by atoms with Gasteiger partial charge in [-0.25, -0.2) is 9.37 Å². The Balaban J connectivity index is 1.31. The van der Waals surface area contributed by atoms with Gasteiger partial charge in [0.1, 0.15) is 11.5 Å². The largest absolute Gasteiger partial charge is 0.481 e. The smallest absolute Gasteiger partial charge is 0.306 e. The molecule has 0 amide bonds. The molecule has 0 saturated heterocycles. The first-order valence-corrected chi connectivity index (χ1v) is 12.2. The summed E-state index contributed by atoms with van der Waals surface area (Å²) in [5, 5.41) is 10.4. The number of aromatic nitrogens is 2. The number of carboxylic acid groups (broad SMARTS) is 1. The molecule has 3 aliphatic rings. The van der Waals surface area contributed by atoms with Crippen LogP contribution in [0.25, 0.3) is 27.7 Å². The Kier molecular flexibility index (Phi) is 5.17. The average molecular weight is 461 g/mol. The van der Waals surface area contributed by atoms with Crippen molar-refractivity contribution in [1.29, 1.82) is 0 Å². The van der Waals surface area contributed by atoms with Gasteiger partial charge in [-0.15, -0.1) is 0 Å². The van der Waals surface area contributed by atoms with Gasteiger partial charge < -0.3 is 15.0 Å². The van der Waals surface area contributed by atoms with Crippen LogP contribution in [-0.4, -0.2) is 52.1 Å². The number of halogens is 1. The zero-order valence-corrected chi connectivity index (χ0v) is 19.4. The van der Waals surface area contributed by atoms with E-state index < -0.39 is 5.97 Å². The summed E-state index contributed by atoms with van der Waals surface area (Å²) < 4.78 is 14.2. The van der Waals surface area contributed by atoms with Gasteiger partial charge >= 0.3 is 5.97 Å². The maximum absolute atomic E-state index is 14.2. The van der Waals surface area contributed by atoms with Crippen LogP contribution < -0.4 is 4.90 Å². The molecule has 176 valence electrons. The maximum Gasteiger partial charge on any atom is 0.306 e. The lowest BCUT2D eigenvalue weighted by atomic mass is 9.84. The number of fused-ring (bicyclic) bond motifs is 2. The first-order chi connectivity index (χ1) is 16.5. The van der Waals surface area contributed by atoms with E-state index in [-0.39, 0.29) is 11.7 Å². The topological polar surface area (TPSA) is 72.5 Å². The van der Waals surface area contributed by atoms with Gasteiger partial charge in [-0.2, -0.15) is 0 Å². The number of nitrogens with zero attached hydrogens (tertiary/aromatic N) is 3. The van der Waals surface area contributed by atoms with Crippen LogP contribution >= 0.6 is 0 Å². The van der Waals surface area contributed by atoms with Crippen molar-refractivity contribution >= 4 is 28.3 Å². The first-order valence-electron chi connectivity index (χ1n) is 12.2. The lowest BCUT2D eigenvalue weighted by Crippen LogP contribution is -2.41. The quantitative estimate of drug-likeness (QED) is 0.572. The maximum atomic E-state index is 14.2. The highest BCUT2D eigenvalue weighted by molar-refractivity contribution is 6.02. The van der Waals surface area contributed by atoms with E-state index in [4.69, 9.17) is 0 Å². The van der Waals surface area contributed by atoms with Crippen LogP contribution in [0.2, 0.25) is 0 Å². The van der Waals surface area contributed by atoms with Crippen molar-refractivity contribution in [3.05, 3.63) is 53.6 Å². The molecule has 2 aliphatic heterocycles.